The summed E-state index contributed by atoms with van der Waals surface area (Å²) in [5, 5.41) is 21.5. The zero-order chi connectivity index (χ0) is 20.2. The van der Waals surface area contributed by atoms with Gasteiger partial charge in [-0.05, 0) is 44.5 Å². The van der Waals surface area contributed by atoms with E-state index >= 15 is 0 Å². The minimum atomic E-state index is -0.808. The van der Waals surface area contributed by atoms with Gasteiger partial charge in [-0.25, -0.2) is 4.98 Å². The third kappa shape index (κ3) is 4.33. The van der Waals surface area contributed by atoms with Crippen molar-refractivity contribution in [2.24, 2.45) is 0 Å². The van der Waals surface area contributed by atoms with Gasteiger partial charge in [0.2, 0.25) is 0 Å². The summed E-state index contributed by atoms with van der Waals surface area (Å²) < 4.78 is 1.86. The van der Waals surface area contributed by atoms with Gasteiger partial charge in [0.25, 0.3) is 0 Å². The molecule has 0 radical (unpaired) electrons. The Kier molecular flexibility index (Phi) is 5.64. The van der Waals surface area contributed by atoms with E-state index in [1.165, 1.54) is 11.1 Å². The van der Waals surface area contributed by atoms with E-state index in [9.17, 15) is 5.11 Å². The van der Waals surface area contributed by atoms with Crippen LogP contribution in [0.15, 0.2) is 43.0 Å². The highest BCUT2D eigenvalue weighted by atomic mass is 16.3. The number of aryl methyl sites for hydroxylation is 1. The topological polar surface area (TPSA) is 101 Å². The van der Waals surface area contributed by atoms with Crippen molar-refractivity contribution in [2.75, 3.05) is 18.4 Å². The average Bonchev–Trinajstić information content (AvgIpc) is 3.02. The van der Waals surface area contributed by atoms with Crippen LogP contribution in [0.2, 0.25) is 0 Å². The van der Waals surface area contributed by atoms with Gasteiger partial charge in [0.15, 0.2) is 0 Å². The second-order valence-electron chi connectivity index (χ2n) is 7.09. The van der Waals surface area contributed by atoms with Crippen LogP contribution in [0, 0.1) is 13.8 Å². The van der Waals surface area contributed by atoms with E-state index in [2.05, 4.69) is 43.7 Å². The number of pyridine rings is 1. The second kappa shape index (κ2) is 8.50. The number of nitrogens with zero attached hydrogens (tertiary/aromatic N) is 5. The van der Waals surface area contributed by atoms with Gasteiger partial charge in [0.1, 0.15) is 12.0 Å². The molecular formula is C21H25N7O. The molecule has 1 unspecified atom stereocenters. The van der Waals surface area contributed by atoms with Crippen LogP contribution >= 0.6 is 0 Å². The molecule has 0 spiro atoms. The highest BCUT2D eigenvalue weighted by molar-refractivity contribution is 5.70. The van der Waals surface area contributed by atoms with Crippen LogP contribution in [-0.4, -0.2) is 49.2 Å². The molecule has 150 valence electrons. The fourth-order valence-corrected chi connectivity index (χ4v) is 3.65. The molecule has 4 heterocycles. The molecule has 3 N–H and O–H groups in total. The van der Waals surface area contributed by atoms with Crippen LogP contribution < -0.4 is 10.6 Å². The summed E-state index contributed by atoms with van der Waals surface area (Å²) in [4.78, 5) is 12.7. The van der Waals surface area contributed by atoms with Crippen LogP contribution in [0.3, 0.4) is 0 Å². The first-order valence-electron chi connectivity index (χ1n) is 9.73. The van der Waals surface area contributed by atoms with E-state index < -0.39 is 6.23 Å². The van der Waals surface area contributed by atoms with Crippen molar-refractivity contribution in [2.45, 2.75) is 33.0 Å². The van der Waals surface area contributed by atoms with Crippen LogP contribution in [0.1, 0.15) is 23.4 Å². The summed E-state index contributed by atoms with van der Waals surface area (Å²) in [6, 6.07) is 3.72. The van der Waals surface area contributed by atoms with Gasteiger partial charge >= 0.3 is 0 Å². The van der Waals surface area contributed by atoms with Crippen molar-refractivity contribution >= 4 is 11.4 Å². The van der Waals surface area contributed by atoms with E-state index in [1.807, 2.05) is 23.7 Å². The molecule has 0 amide bonds. The zero-order valence-electron chi connectivity index (χ0n) is 16.6. The number of anilines is 1. The third-order valence-corrected chi connectivity index (χ3v) is 5.05. The summed E-state index contributed by atoms with van der Waals surface area (Å²) in [6.07, 6.45) is 9.10. The fraction of sp³-hybridized carbons (Fsp3) is 0.333. The number of aromatic nitrogens is 5. The molecule has 0 bridgehead atoms. The smallest absolute Gasteiger partial charge is 0.145 e. The summed E-state index contributed by atoms with van der Waals surface area (Å²) in [7, 11) is 0. The lowest BCUT2D eigenvalue weighted by Gasteiger charge is -2.16. The fourth-order valence-electron chi connectivity index (χ4n) is 3.65. The Labute approximate surface area is 169 Å². The molecule has 8 nitrogen and oxygen atoms in total. The van der Waals surface area contributed by atoms with Crippen molar-refractivity contribution < 1.29 is 5.11 Å². The van der Waals surface area contributed by atoms with Crippen LogP contribution in [0.5, 0.6) is 0 Å². The molecule has 0 aromatic carbocycles. The highest BCUT2D eigenvalue weighted by Gasteiger charge is 2.18. The number of aliphatic hydroxyl groups excluding tert-OH is 1. The van der Waals surface area contributed by atoms with Crippen molar-refractivity contribution in [1.82, 2.24) is 30.0 Å². The van der Waals surface area contributed by atoms with E-state index in [0.717, 1.165) is 42.2 Å². The Bertz CT molecular complexity index is 996. The number of nitrogens with one attached hydrogen (secondary N) is 2. The molecule has 1 aliphatic heterocycles. The molecule has 4 rings (SSSR count). The standard InChI is InChI=1S/C21H25N7O/c1-14-21(16-5-7-22-8-6-16)15(2)28(27-14)13-20(29)26-19-4-3-17(11-25-19)18-12-23-9-10-24-18/h3-5,9-12,20,22,29H,6-8,13H2,1-2H3,(H,25,26). The lowest BCUT2D eigenvalue weighted by Crippen LogP contribution is -2.26. The predicted octanol–water partition coefficient (Wildman–Crippen LogP) is 2.16. The van der Waals surface area contributed by atoms with Crippen molar-refractivity contribution in [3.05, 3.63) is 59.9 Å². The minimum absolute atomic E-state index is 0.339. The van der Waals surface area contributed by atoms with Gasteiger partial charge in [0.05, 0.1) is 24.1 Å². The SMILES string of the molecule is Cc1nn(CC(O)Nc2ccc(-c3cnccn3)cn2)c(C)c1C1=CCNCC1. The summed E-state index contributed by atoms with van der Waals surface area (Å²) >= 11 is 0. The quantitative estimate of drug-likeness (QED) is 0.554. The normalized spacial score (nSPS) is 15.1. The molecule has 1 atom stereocenters. The summed E-state index contributed by atoms with van der Waals surface area (Å²) in [5.41, 5.74) is 6.22. The second-order valence-corrected chi connectivity index (χ2v) is 7.09. The Hall–Kier alpha value is -3.10. The Morgan fingerprint density at radius 3 is 2.79 bits per heavy atom. The van der Waals surface area contributed by atoms with Gasteiger partial charge in [-0.2, -0.15) is 5.10 Å². The first kappa shape index (κ1) is 19.2. The molecule has 3 aromatic rings. The van der Waals surface area contributed by atoms with Gasteiger partial charge in [-0.3, -0.25) is 14.6 Å². The number of aliphatic hydroxyl groups is 1. The van der Waals surface area contributed by atoms with Gasteiger partial charge in [-0.15, -0.1) is 0 Å². The zero-order valence-corrected chi connectivity index (χ0v) is 16.6. The third-order valence-electron chi connectivity index (χ3n) is 5.05. The molecule has 0 aliphatic carbocycles. The van der Waals surface area contributed by atoms with Crippen molar-refractivity contribution in [1.29, 1.82) is 0 Å². The Balaban J connectivity index is 1.43. The van der Waals surface area contributed by atoms with E-state index in [-0.39, 0.29) is 0 Å². The lowest BCUT2D eigenvalue weighted by molar-refractivity contribution is 0.175. The molecule has 1 aliphatic rings. The number of hydrogen-bond acceptors (Lipinski definition) is 7. The average molecular weight is 391 g/mol. The molecule has 0 fully saturated rings. The van der Waals surface area contributed by atoms with Gasteiger partial charge < -0.3 is 15.7 Å². The van der Waals surface area contributed by atoms with Gasteiger partial charge in [0, 0.05) is 42.0 Å². The Morgan fingerprint density at radius 1 is 1.21 bits per heavy atom. The van der Waals surface area contributed by atoms with Gasteiger partial charge in [-0.1, -0.05) is 6.08 Å². The van der Waals surface area contributed by atoms with Crippen molar-refractivity contribution in [3.8, 4) is 11.3 Å². The molecule has 3 aromatic heterocycles. The molecule has 8 heteroatoms. The van der Waals surface area contributed by atoms with E-state index in [1.54, 1.807) is 24.8 Å². The summed E-state index contributed by atoms with van der Waals surface area (Å²) in [5.74, 6) is 0.591. The number of rotatable bonds is 6. The minimum Gasteiger partial charge on any atom is -0.372 e. The molecule has 0 saturated carbocycles. The molecule has 0 saturated heterocycles. The maximum atomic E-state index is 10.5. The largest absolute Gasteiger partial charge is 0.372 e. The molecular weight excluding hydrogens is 366 g/mol. The molecule has 29 heavy (non-hydrogen) atoms. The predicted molar refractivity (Wildman–Crippen MR) is 112 cm³/mol. The Morgan fingerprint density at radius 2 is 2.10 bits per heavy atom. The van der Waals surface area contributed by atoms with Crippen LogP contribution in [0.4, 0.5) is 5.82 Å². The summed E-state index contributed by atoms with van der Waals surface area (Å²) in [6.45, 7) is 6.29. The first-order chi connectivity index (χ1) is 14.1. The highest BCUT2D eigenvalue weighted by Crippen LogP contribution is 2.26. The van der Waals surface area contributed by atoms with Crippen LogP contribution in [0.25, 0.3) is 16.8 Å². The maximum Gasteiger partial charge on any atom is 0.145 e. The monoisotopic (exact) mass is 391 g/mol. The van der Waals surface area contributed by atoms with Crippen LogP contribution in [-0.2, 0) is 6.54 Å². The first-order valence-corrected chi connectivity index (χ1v) is 9.73. The lowest BCUT2D eigenvalue weighted by atomic mass is 9.98. The maximum absolute atomic E-state index is 10.5. The van der Waals surface area contributed by atoms with E-state index in [4.69, 9.17) is 0 Å². The van der Waals surface area contributed by atoms with E-state index in [0.29, 0.717) is 12.4 Å². The van der Waals surface area contributed by atoms with Crippen molar-refractivity contribution in [3.63, 3.8) is 0 Å². The number of hydrogen-bond donors (Lipinski definition) is 3.